The number of ether oxygens (including phenoxy) is 4. The number of hydrogen-bond acceptors (Lipinski definition) is 14. The lowest BCUT2D eigenvalue weighted by Crippen LogP contribution is -2.57. The van der Waals surface area contributed by atoms with Crippen LogP contribution in [0.2, 0.25) is 0 Å². The van der Waals surface area contributed by atoms with E-state index in [1.54, 1.807) is 45.3 Å². The van der Waals surface area contributed by atoms with Gasteiger partial charge in [-0.05, 0) is 125 Å². The lowest BCUT2D eigenvalue weighted by Gasteiger charge is -2.41. The van der Waals surface area contributed by atoms with Crippen molar-refractivity contribution in [2.75, 3.05) is 56.3 Å². The number of benzene rings is 4. The highest BCUT2D eigenvalue weighted by atomic mass is 19.2. The second kappa shape index (κ2) is 22.5. The molecule has 0 spiro atoms. The molecule has 8 heterocycles. The van der Waals surface area contributed by atoms with Crippen LogP contribution in [0.4, 0.5) is 42.8 Å². The van der Waals surface area contributed by atoms with E-state index < -0.39 is 86.5 Å². The molecule has 12 rings (SSSR count). The van der Waals surface area contributed by atoms with Crippen molar-refractivity contribution in [2.45, 2.75) is 111 Å². The van der Waals surface area contributed by atoms with E-state index in [9.17, 15) is 28.3 Å². The molecule has 0 radical (unpaired) electrons. The van der Waals surface area contributed by atoms with E-state index in [0.29, 0.717) is 40.7 Å². The Morgan fingerprint density at radius 3 is 1.69 bits per heavy atom. The molecule has 0 saturated carbocycles. The lowest BCUT2D eigenvalue weighted by molar-refractivity contribution is 0.0201. The van der Waals surface area contributed by atoms with Crippen LogP contribution in [-0.4, -0.2) is 109 Å². The third kappa shape index (κ3) is 10.1. The molecule has 4 aliphatic heterocycles. The Labute approximate surface area is 490 Å². The van der Waals surface area contributed by atoms with Crippen LogP contribution < -0.4 is 35.4 Å². The van der Waals surface area contributed by atoms with Gasteiger partial charge in [0.2, 0.25) is 0 Å². The Kier molecular flexibility index (Phi) is 15.4. The SMILES string of the molecule is COc1ccc(F)c(F)c1-c1cc2c3c(nc(=O)n2-c2c(C)ccnc2C(C)C)N2CCN(C(=O)OC(C)(C)C)C[C@@H]2COc3c1F.Cc1ccnc(C(C)C)c1-n1c(=O)nc2c3c(c(F)c(-c4c(O)ccc(F)c4F)cc31)OC[C@H]1CCCCN21. The number of rotatable bonds is 7. The number of piperidine rings is 1. The zero-order valence-corrected chi connectivity index (χ0v) is 49.0. The Hall–Kier alpha value is -8.89. The maximum atomic E-state index is 16.8. The highest BCUT2D eigenvalue weighted by Crippen LogP contribution is 2.49. The van der Waals surface area contributed by atoms with E-state index in [0.717, 1.165) is 43.0 Å². The summed E-state index contributed by atoms with van der Waals surface area (Å²) in [4.78, 5) is 64.4. The predicted molar refractivity (Wildman–Crippen MR) is 312 cm³/mol. The van der Waals surface area contributed by atoms with Crippen LogP contribution in [0.25, 0.3) is 55.4 Å². The van der Waals surface area contributed by atoms with Gasteiger partial charge >= 0.3 is 17.5 Å². The molecule has 0 unspecified atom stereocenters. The number of fused-ring (bicyclic) bond motifs is 4. The predicted octanol–water partition coefficient (Wildman–Crippen LogP) is 11.9. The standard InChI is InChI=1S/C34H36F3N5O5.C29H27F3N4O3/c1-17(2)28-29(18(3)10-11-38-28)42-22-14-20(24-23(45-7)9-8-21(35)27(24)37)26(36)30-25(22)31(39-32(42)43)41-13-12-40(15-19(41)16-46-30)33(44)47-34(4,5)6;1-14(2)25-26(15(3)9-10-33-25)36-19-12-17(21-20(37)8-7-18(30)24(21)32)23(31)27-22(19)28(34-29(36)38)35-11-5-4-6-16(35)13-39-27/h8-11,14,17,19H,12-13,15-16H2,1-7H3;7-10,12,14,16,37H,4-6,11,13H2,1-3H3/t19-;16-/m11/s1. The summed E-state index contributed by atoms with van der Waals surface area (Å²) in [5.41, 5.74) is -0.0201. The Morgan fingerprint density at radius 1 is 0.663 bits per heavy atom. The molecule has 4 aromatic heterocycles. The van der Waals surface area contributed by atoms with Crippen LogP contribution in [0.15, 0.2) is 70.5 Å². The lowest BCUT2D eigenvalue weighted by atomic mass is 9.98. The molecular weight excluding hydrogens is 1120 g/mol. The third-order valence-corrected chi connectivity index (χ3v) is 16.0. The van der Waals surface area contributed by atoms with Crippen LogP contribution in [0.5, 0.6) is 23.0 Å². The van der Waals surface area contributed by atoms with Crippen LogP contribution in [0.1, 0.15) is 102 Å². The smallest absolute Gasteiger partial charge is 0.410 e. The van der Waals surface area contributed by atoms with E-state index in [1.807, 2.05) is 51.3 Å². The van der Waals surface area contributed by atoms with Gasteiger partial charge in [0.15, 0.2) is 46.4 Å². The van der Waals surface area contributed by atoms with Crippen LogP contribution in [0, 0.1) is 48.8 Å². The van der Waals surface area contributed by atoms with Crippen molar-refractivity contribution in [1.29, 1.82) is 0 Å². The highest BCUT2D eigenvalue weighted by molar-refractivity contribution is 6.02. The maximum Gasteiger partial charge on any atom is 0.410 e. The zero-order chi connectivity index (χ0) is 61.5. The van der Waals surface area contributed by atoms with Crippen LogP contribution in [0.3, 0.4) is 0 Å². The van der Waals surface area contributed by atoms with Gasteiger partial charge in [-0.25, -0.2) is 40.7 Å². The quantitative estimate of drug-likeness (QED) is 0.149. The summed E-state index contributed by atoms with van der Waals surface area (Å²) < 4.78 is 118. The third-order valence-electron chi connectivity index (χ3n) is 16.0. The van der Waals surface area contributed by atoms with Gasteiger partial charge in [0, 0.05) is 49.7 Å². The summed E-state index contributed by atoms with van der Waals surface area (Å²) >= 11 is 0. The minimum absolute atomic E-state index is 0.0796. The molecule has 8 aromatic rings. The van der Waals surface area contributed by atoms with Gasteiger partial charge in [-0.3, -0.25) is 19.1 Å². The normalized spacial score (nSPS) is 16.5. The molecule has 2 fully saturated rings. The number of hydrogen-bond donors (Lipinski definition) is 1. The number of methoxy groups -OCH3 is 1. The van der Waals surface area contributed by atoms with Crippen molar-refractivity contribution in [3.05, 3.63) is 139 Å². The van der Waals surface area contributed by atoms with Gasteiger partial charge in [-0.1, -0.05) is 27.7 Å². The van der Waals surface area contributed by atoms with E-state index in [4.69, 9.17) is 18.9 Å². The number of aromatic nitrogens is 6. The summed E-state index contributed by atoms with van der Waals surface area (Å²) in [5.74, 6) is -8.14. The molecule has 17 nitrogen and oxygen atoms in total. The number of pyridine rings is 2. The van der Waals surface area contributed by atoms with Crippen molar-refractivity contribution in [3.8, 4) is 56.6 Å². The van der Waals surface area contributed by atoms with E-state index in [1.165, 1.54) is 39.3 Å². The number of carbonyl (C=O) groups excluding carboxylic acids is 1. The number of nitrogens with zero attached hydrogens (tertiary/aromatic N) is 9. The minimum Gasteiger partial charge on any atom is -0.507 e. The summed E-state index contributed by atoms with van der Waals surface area (Å²) in [5, 5.41) is 10.9. The molecule has 23 heteroatoms. The fourth-order valence-corrected chi connectivity index (χ4v) is 12.0. The number of phenols is 1. The fraction of sp³-hybridized carbons (Fsp3) is 0.381. The number of aryl methyl sites for hydroxylation is 2. The average molecular weight is 1190 g/mol. The molecular formula is C63H63F6N9O8. The average Bonchev–Trinajstić information content (AvgIpc) is 1.22. The number of carbonyl (C=O) groups is 1. The van der Waals surface area contributed by atoms with Gasteiger partial charge in [0.1, 0.15) is 41.9 Å². The number of anilines is 2. The zero-order valence-electron chi connectivity index (χ0n) is 49.0. The van der Waals surface area contributed by atoms with Crippen molar-refractivity contribution < 1.29 is 55.2 Å². The summed E-state index contributed by atoms with van der Waals surface area (Å²) in [6.07, 6.45) is 5.37. The number of piperazine rings is 1. The van der Waals surface area contributed by atoms with Gasteiger partial charge in [-0.15, -0.1) is 0 Å². The summed E-state index contributed by atoms with van der Waals surface area (Å²) in [7, 11) is 1.26. The second-order valence-corrected chi connectivity index (χ2v) is 23.5. The number of amides is 1. The Balaban J connectivity index is 0.000000182. The van der Waals surface area contributed by atoms with Crippen molar-refractivity contribution >= 4 is 39.5 Å². The minimum atomic E-state index is -1.41. The number of halogens is 6. The summed E-state index contributed by atoms with van der Waals surface area (Å²) in [6.45, 7) is 18.0. The molecule has 1 amide bonds. The maximum absolute atomic E-state index is 16.8. The topological polar surface area (TPSA) is 180 Å². The molecule has 2 saturated heterocycles. The highest BCUT2D eigenvalue weighted by Gasteiger charge is 2.40. The fourth-order valence-electron chi connectivity index (χ4n) is 12.0. The molecule has 1 N–H and O–H groups in total. The molecule has 86 heavy (non-hydrogen) atoms. The first-order valence-corrected chi connectivity index (χ1v) is 28.4. The molecule has 0 bridgehead atoms. The molecule has 450 valence electrons. The largest absolute Gasteiger partial charge is 0.507 e. The van der Waals surface area contributed by atoms with E-state index in [-0.39, 0.29) is 101 Å². The first kappa shape index (κ1) is 58.9. The summed E-state index contributed by atoms with van der Waals surface area (Å²) in [6, 6.07) is 9.22. The second-order valence-electron chi connectivity index (χ2n) is 23.5. The monoisotopic (exact) mass is 1190 g/mol. The van der Waals surface area contributed by atoms with Crippen LogP contribution >= 0.6 is 0 Å². The van der Waals surface area contributed by atoms with E-state index >= 15 is 17.6 Å². The first-order chi connectivity index (χ1) is 40.9. The Bertz CT molecular complexity index is 4210. The van der Waals surface area contributed by atoms with Gasteiger partial charge in [-0.2, -0.15) is 9.97 Å². The van der Waals surface area contributed by atoms with Crippen molar-refractivity contribution in [1.82, 2.24) is 34.0 Å². The van der Waals surface area contributed by atoms with Gasteiger partial charge in [0.05, 0.1) is 74.9 Å². The molecule has 4 aromatic carbocycles. The van der Waals surface area contributed by atoms with Crippen LogP contribution in [-0.2, 0) is 4.74 Å². The van der Waals surface area contributed by atoms with Crippen molar-refractivity contribution in [3.63, 3.8) is 0 Å². The molecule has 2 atom stereocenters. The van der Waals surface area contributed by atoms with Gasteiger partial charge < -0.3 is 38.8 Å². The van der Waals surface area contributed by atoms with E-state index in [2.05, 4.69) is 19.9 Å². The molecule has 0 aliphatic carbocycles. The first-order valence-electron chi connectivity index (χ1n) is 28.4. The number of aromatic hydroxyl groups is 1. The van der Waals surface area contributed by atoms with Gasteiger partial charge in [0.25, 0.3) is 0 Å². The number of phenolic OH excluding ortho intramolecular Hbond substituents is 1. The van der Waals surface area contributed by atoms with Crippen molar-refractivity contribution in [2.24, 2.45) is 0 Å². The molecule has 4 aliphatic rings. The Morgan fingerprint density at radius 2 is 1.16 bits per heavy atom.